The van der Waals surface area contributed by atoms with Crippen molar-refractivity contribution in [1.82, 2.24) is 10.2 Å². The molecule has 0 fully saturated rings. The molecule has 0 saturated carbocycles. The Morgan fingerprint density at radius 1 is 1.12 bits per heavy atom. The van der Waals surface area contributed by atoms with Crippen LogP contribution in [0.25, 0.3) is 0 Å². The van der Waals surface area contributed by atoms with Crippen LogP contribution in [0, 0.1) is 0 Å². The van der Waals surface area contributed by atoms with Crippen LogP contribution in [0.1, 0.15) is 29.3 Å². The summed E-state index contributed by atoms with van der Waals surface area (Å²) in [6.07, 6.45) is 0.900. The maximum absolute atomic E-state index is 12.1. The van der Waals surface area contributed by atoms with Gasteiger partial charge in [0.15, 0.2) is 0 Å². The first-order valence-corrected chi connectivity index (χ1v) is 7.94. The van der Waals surface area contributed by atoms with Crippen LogP contribution in [0.5, 0.6) is 0 Å². The fourth-order valence-electron chi connectivity index (χ4n) is 2.42. The number of nitrogens with one attached hydrogen (secondary N) is 1. The molecule has 0 aliphatic heterocycles. The molecule has 25 heavy (non-hydrogen) atoms. The number of anilines is 1. The van der Waals surface area contributed by atoms with Crippen molar-refractivity contribution in [1.29, 1.82) is 0 Å². The molecule has 0 aromatic heterocycles. The van der Waals surface area contributed by atoms with Gasteiger partial charge in [-0.25, -0.2) is 0 Å². The number of hydrogen-bond donors (Lipinski definition) is 2. The second-order valence-electron chi connectivity index (χ2n) is 5.92. The van der Waals surface area contributed by atoms with Crippen molar-refractivity contribution in [3.63, 3.8) is 0 Å². The standard InChI is InChI=1S/C19H25N3O.2ClH/c1-15(22(2)14-16-7-4-3-5-8-16)11-12-21-19(23)17-9-6-10-18(20)13-17;;/h3-10,13,15H,11-12,14,20H2,1-2H3,(H,21,23);2*1H. The molecule has 6 heteroatoms. The van der Waals surface area contributed by atoms with Crippen molar-refractivity contribution in [2.75, 3.05) is 19.3 Å². The number of carbonyl (C=O) groups excluding carboxylic acids is 1. The number of benzene rings is 2. The number of carbonyl (C=O) groups is 1. The molecule has 3 N–H and O–H groups in total. The van der Waals surface area contributed by atoms with Crippen LogP contribution in [-0.2, 0) is 6.54 Å². The van der Waals surface area contributed by atoms with Gasteiger partial charge in [0.25, 0.3) is 5.91 Å². The van der Waals surface area contributed by atoms with Crippen LogP contribution in [0.2, 0.25) is 0 Å². The highest BCUT2D eigenvalue weighted by molar-refractivity contribution is 5.94. The minimum atomic E-state index is -0.0739. The highest BCUT2D eigenvalue weighted by Crippen LogP contribution is 2.09. The van der Waals surface area contributed by atoms with Crippen molar-refractivity contribution in [3.8, 4) is 0 Å². The average molecular weight is 384 g/mol. The maximum Gasteiger partial charge on any atom is 0.251 e. The molecule has 0 aliphatic carbocycles. The second-order valence-corrected chi connectivity index (χ2v) is 5.92. The molecule has 1 amide bonds. The van der Waals surface area contributed by atoms with Crippen LogP contribution < -0.4 is 11.1 Å². The first kappa shape index (κ1) is 23.2. The molecule has 0 saturated heterocycles. The van der Waals surface area contributed by atoms with Gasteiger partial charge in [-0.1, -0.05) is 36.4 Å². The van der Waals surface area contributed by atoms with E-state index in [1.165, 1.54) is 5.56 Å². The molecule has 0 heterocycles. The Labute approximate surface area is 162 Å². The fraction of sp³-hybridized carbons (Fsp3) is 0.316. The first-order valence-electron chi connectivity index (χ1n) is 7.94. The average Bonchev–Trinajstić information content (AvgIpc) is 2.55. The third kappa shape index (κ3) is 7.78. The molecule has 2 aromatic carbocycles. The van der Waals surface area contributed by atoms with E-state index in [0.29, 0.717) is 23.8 Å². The summed E-state index contributed by atoms with van der Waals surface area (Å²) in [5, 5.41) is 2.95. The van der Waals surface area contributed by atoms with E-state index >= 15 is 0 Å². The zero-order valence-corrected chi connectivity index (χ0v) is 16.3. The number of hydrogen-bond acceptors (Lipinski definition) is 3. The zero-order chi connectivity index (χ0) is 16.7. The number of nitrogens with two attached hydrogens (primary N) is 1. The predicted molar refractivity (Wildman–Crippen MR) is 110 cm³/mol. The SMILES string of the molecule is CC(CCNC(=O)c1cccc(N)c1)N(C)Cc1ccccc1.Cl.Cl. The van der Waals surface area contributed by atoms with Gasteiger partial charge in [0.1, 0.15) is 0 Å². The lowest BCUT2D eigenvalue weighted by molar-refractivity contribution is 0.0949. The highest BCUT2D eigenvalue weighted by atomic mass is 35.5. The molecule has 0 bridgehead atoms. The van der Waals surface area contributed by atoms with Crippen LogP contribution in [0.15, 0.2) is 54.6 Å². The van der Waals surface area contributed by atoms with Crippen molar-refractivity contribution in [2.45, 2.75) is 25.9 Å². The Bertz CT molecular complexity index is 638. The Balaban J connectivity index is 0.00000288. The van der Waals surface area contributed by atoms with E-state index in [1.807, 2.05) is 6.07 Å². The van der Waals surface area contributed by atoms with Gasteiger partial charge < -0.3 is 11.1 Å². The lowest BCUT2D eigenvalue weighted by Gasteiger charge is -2.25. The zero-order valence-electron chi connectivity index (χ0n) is 14.6. The molecule has 138 valence electrons. The number of nitrogen functional groups attached to an aromatic ring is 1. The van der Waals surface area contributed by atoms with E-state index in [0.717, 1.165) is 13.0 Å². The van der Waals surface area contributed by atoms with E-state index in [4.69, 9.17) is 5.73 Å². The lowest BCUT2D eigenvalue weighted by atomic mass is 10.1. The van der Waals surface area contributed by atoms with Gasteiger partial charge in [0.05, 0.1) is 0 Å². The van der Waals surface area contributed by atoms with Gasteiger partial charge in [-0.15, -0.1) is 24.8 Å². The number of amides is 1. The van der Waals surface area contributed by atoms with E-state index < -0.39 is 0 Å². The monoisotopic (exact) mass is 383 g/mol. The normalized spacial score (nSPS) is 11.2. The molecular weight excluding hydrogens is 357 g/mol. The molecule has 2 aromatic rings. The van der Waals surface area contributed by atoms with Crippen molar-refractivity contribution in [2.24, 2.45) is 0 Å². The van der Waals surface area contributed by atoms with Crippen molar-refractivity contribution in [3.05, 3.63) is 65.7 Å². The molecule has 0 aliphatic rings. The summed E-state index contributed by atoms with van der Waals surface area (Å²) in [5.74, 6) is -0.0739. The number of nitrogens with zero attached hydrogens (tertiary/aromatic N) is 1. The van der Waals surface area contributed by atoms with Crippen LogP contribution >= 0.6 is 24.8 Å². The van der Waals surface area contributed by atoms with Crippen LogP contribution in [-0.4, -0.2) is 30.4 Å². The summed E-state index contributed by atoms with van der Waals surface area (Å²) in [7, 11) is 2.11. The first-order chi connectivity index (χ1) is 11.1. The Morgan fingerprint density at radius 2 is 1.80 bits per heavy atom. The summed E-state index contributed by atoms with van der Waals surface area (Å²) >= 11 is 0. The molecule has 1 atom stereocenters. The lowest BCUT2D eigenvalue weighted by Crippen LogP contribution is -2.33. The summed E-state index contributed by atoms with van der Waals surface area (Å²) in [4.78, 5) is 14.4. The van der Waals surface area contributed by atoms with Gasteiger partial charge >= 0.3 is 0 Å². The summed E-state index contributed by atoms with van der Waals surface area (Å²) in [6.45, 7) is 3.73. The molecule has 4 nitrogen and oxygen atoms in total. The molecule has 0 radical (unpaired) electrons. The number of halogens is 2. The van der Waals surface area contributed by atoms with Gasteiger partial charge in [-0.05, 0) is 44.2 Å². The Kier molecular flexibility index (Phi) is 10.9. The van der Waals surface area contributed by atoms with Gasteiger partial charge in [-0.2, -0.15) is 0 Å². The van der Waals surface area contributed by atoms with Gasteiger partial charge in [-0.3, -0.25) is 9.69 Å². The van der Waals surface area contributed by atoms with Gasteiger partial charge in [0, 0.05) is 30.4 Å². The molecular formula is C19H27Cl2N3O. The third-order valence-corrected chi connectivity index (χ3v) is 4.02. The van der Waals surface area contributed by atoms with Crippen molar-refractivity contribution < 1.29 is 4.79 Å². The van der Waals surface area contributed by atoms with E-state index in [-0.39, 0.29) is 30.7 Å². The molecule has 0 spiro atoms. The topological polar surface area (TPSA) is 58.4 Å². The maximum atomic E-state index is 12.1. The Hall–Kier alpha value is -1.75. The quantitative estimate of drug-likeness (QED) is 0.715. The van der Waals surface area contributed by atoms with Crippen molar-refractivity contribution >= 4 is 36.4 Å². The van der Waals surface area contributed by atoms with E-state index in [2.05, 4.69) is 48.5 Å². The van der Waals surface area contributed by atoms with Crippen LogP contribution in [0.3, 0.4) is 0 Å². The largest absolute Gasteiger partial charge is 0.399 e. The minimum absolute atomic E-state index is 0. The molecule has 2 rings (SSSR count). The van der Waals surface area contributed by atoms with Crippen LogP contribution in [0.4, 0.5) is 5.69 Å². The highest BCUT2D eigenvalue weighted by Gasteiger charge is 2.11. The third-order valence-electron chi connectivity index (χ3n) is 4.02. The second kappa shape index (κ2) is 11.7. The minimum Gasteiger partial charge on any atom is -0.399 e. The van der Waals surface area contributed by atoms with Gasteiger partial charge in [0.2, 0.25) is 0 Å². The van der Waals surface area contributed by atoms with E-state index in [1.54, 1.807) is 24.3 Å². The summed E-state index contributed by atoms with van der Waals surface area (Å²) in [5.41, 5.74) is 8.21. The number of rotatable bonds is 7. The molecule has 1 unspecified atom stereocenters. The smallest absolute Gasteiger partial charge is 0.251 e. The summed E-state index contributed by atoms with van der Waals surface area (Å²) in [6, 6.07) is 17.8. The predicted octanol–water partition coefficient (Wildman–Crippen LogP) is 3.75. The van der Waals surface area contributed by atoms with E-state index in [9.17, 15) is 4.79 Å². The summed E-state index contributed by atoms with van der Waals surface area (Å²) < 4.78 is 0. The Morgan fingerprint density at radius 3 is 2.44 bits per heavy atom. The fourth-order valence-corrected chi connectivity index (χ4v) is 2.42.